The lowest BCUT2D eigenvalue weighted by atomic mass is 9.98. The minimum atomic E-state index is -0.553. The lowest BCUT2D eigenvalue weighted by molar-refractivity contribution is -0.140. The highest BCUT2D eigenvalue weighted by molar-refractivity contribution is 5.79. The van der Waals surface area contributed by atoms with Gasteiger partial charge in [0.05, 0.1) is 6.04 Å². The molecular formula is C21H32N2O3. The highest BCUT2D eigenvalue weighted by Crippen LogP contribution is 2.30. The zero-order valence-corrected chi connectivity index (χ0v) is 17.1. The van der Waals surface area contributed by atoms with E-state index in [4.69, 9.17) is 4.74 Å². The molecule has 26 heavy (non-hydrogen) atoms. The summed E-state index contributed by atoms with van der Waals surface area (Å²) >= 11 is 0. The van der Waals surface area contributed by atoms with Crippen LogP contribution in [0.5, 0.6) is 0 Å². The van der Waals surface area contributed by atoms with Gasteiger partial charge in [0.1, 0.15) is 5.60 Å². The first-order valence-corrected chi connectivity index (χ1v) is 9.36. The molecule has 1 aromatic carbocycles. The fourth-order valence-corrected chi connectivity index (χ4v) is 3.21. The summed E-state index contributed by atoms with van der Waals surface area (Å²) in [6, 6.07) is 7.89. The van der Waals surface area contributed by atoms with Crippen LogP contribution in [0.1, 0.15) is 58.7 Å². The molecule has 0 bridgehead atoms. The Labute approximate surface area is 157 Å². The van der Waals surface area contributed by atoms with Crippen molar-refractivity contribution in [2.45, 2.75) is 66.2 Å². The summed E-state index contributed by atoms with van der Waals surface area (Å²) in [7, 11) is 0. The largest absolute Gasteiger partial charge is 0.444 e. The topological polar surface area (TPSA) is 49.9 Å². The maximum Gasteiger partial charge on any atom is 0.410 e. The van der Waals surface area contributed by atoms with Crippen LogP contribution in [0.25, 0.3) is 0 Å². The summed E-state index contributed by atoms with van der Waals surface area (Å²) in [4.78, 5) is 29.1. The molecule has 5 heteroatoms. The molecule has 2 atom stereocenters. The van der Waals surface area contributed by atoms with Gasteiger partial charge < -0.3 is 9.64 Å². The number of nitrogens with zero attached hydrogens (tertiary/aromatic N) is 2. The van der Waals surface area contributed by atoms with Crippen molar-refractivity contribution < 1.29 is 14.3 Å². The highest BCUT2D eigenvalue weighted by Gasteiger charge is 2.39. The summed E-state index contributed by atoms with van der Waals surface area (Å²) in [5.41, 5.74) is 1.63. The maximum atomic E-state index is 12.8. The molecule has 1 fully saturated rings. The van der Waals surface area contributed by atoms with Crippen molar-refractivity contribution in [1.29, 1.82) is 0 Å². The van der Waals surface area contributed by atoms with Crippen LogP contribution >= 0.6 is 0 Å². The number of ether oxygens (including phenoxy) is 1. The summed E-state index contributed by atoms with van der Waals surface area (Å²) in [6.45, 7) is 14.4. The number of aryl methyl sites for hydroxylation is 1. The minimum absolute atomic E-state index is 0.0425. The van der Waals surface area contributed by atoms with Crippen LogP contribution in [-0.2, 0) is 9.53 Å². The third-order valence-corrected chi connectivity index (χ3v) is 4.61. The summed E-state index contributed by atoms with van der Waals surface area (Å²) < 4.78 is 5.63. The second-order valence-corrected chi connectivity index (χ2v) is 8.55. The van der Waals surface area contributed by atoms with Gasteiger partial charge in [-0.3, -0.25) is 9.69 Å². The zero-order valence-electron chi connectivity index (χ0n) is 17.1. The monoisotopic (exact) mass is 360 g/mol. The molecule has 5 nitrogen and oxygen atoms in total. The number of amides is 2. The number of hydrogen-bond acceptors (Lipinski definition) is 3. The number of benzene rings is 1. The van der Waals surface area contributed by atoms with Crippen molar-refractivity contribution in [2.75, 3.05) is 13.1 Å². The van der Waals surface area contributed by atoms with Crippen LogP contribution in [0.3, 0.4) is 0 Å². The average molecular weight is 360 g/mol. The average Bonchev–Trinajstić information content (AvgIpc) is 2.53. The Kier molecular flexibility index (Phi) is 5.99. The van der Waals surface area contributed by atoms with Gasteiger partial charge in [0.15, 0.2) is 0 Å². The van der Waals surface area contributed by atoms with Gasteiger partial charge in [-0.1, -0.05) is 43.7 Å². The van der Waals surface area contributed by atoms with Crippen LogP contribution in [0.15, 0.2) is 24.3 Å². The highest BCUT2D eigenvalue weighted by atomic mass is 16.6. The van der Waals surface area contributed by atoms with Gasteiger partial charge in [0, 0.05) is 25.0 Å². The van der Waals surface area contributed by atoms with E-state index >= 15 is 0 Å². The molecule has 2 rings (SSSR count). The van der Waals surface area contributed by atoms with E-state index in [9.17, 15) is 9.59 Å². The van der Waals surface area contributed by atoms with Crippen LogP contribution < -0.4 is 0 Å². The fourth-order valence-electron chi connectivity index (χ4n) is 3.21. The second kappa shape index (κ2) is 7.68. The Morgan fingerprint density at radius 2 is 1.65 bits per heavy atom. The molecule has 0 aliphatic carbocycles. The normalized spacial score (nSPS) is 21.1. The maximum absolute atomic E-state index is 12.8. The lowest BCUT2D eigenvalue weighted by Crippen LogP contribution is -2.58. The molecule has 0 aromatic heterocycles. The predicted molar refractivity (Wildman–Crippen MR) is 103 cm³/mol. The Morgan fingerprint density at radius 1 is 1.08 bits per heavy atom. The molecule has 0 radical (unpaired) electrons. The summed E-state index contributed by atoms with van der Waals surface area (Å²) in [5, 5.41) is 0. The molecule has 1 saturated heterocycles. The molecular weight excluding hydrogens is 328 g/mol. The fraction of sp³-hybridized carbons (Fsp3) is 0.619. The molecule has 1 heterocycles. The predicted octanol–water partition coefficient (Wildman–Crippen LogP) is 4.16. The number of carbonyl (C=O) groups excluding carboxylic acids is 2. The molecule has 0 saturated carbocycles. The first-order valence-electron chi connectivity index (χ1n) is 9.36. The number of carbonyl (C=O) groups is 2. The van der Waals surface area contributed by atoms with Gasteiger partial charge in [-0.2, -0.15) is 0 Å². The molecule has 0 unspecified atom stereocenters. The third-order valence-electron chi connectivity index (χ3n) is 4.61. The minimum Gasteiger partial charge on any atom is -0.444 e. The molecule has 1 aromatic rings. The SMILES string of the molecule is Cc1ccc([C@H]2CN(C(=O)C(C)C)[C@H](C)CN2C(=O)OC(C)(C)C)cc1. The molecule has 0 N–H and O–H groups in total. The van der Waals surface area contributed by atoms with E-state index in [0.29, 0.717) is 13.1 Å². The molecule has 0 spiro atoms. The van der Waals surface area contributed by atoms with Gasteiger partial charge in [-0.25, -0.2) is 4.79 Å². The summed E-state index contributed by atoms with van der Waals surface area (Å²) in [5.74, 6) is 0.0580. The number of hydrogen-bond donors (Lipinski definition) is 0. The van der Waals surface area contributed by atoms with Gasteiger partial charge in [-0.15, -0.1) is 0 Å². The van der Waals surface area contributed by atoms with Gasteiger partial charge in [-0.05, 0) is 40.2 Å². The van der Waals surface area contributed by atoms with Crippen molar-refractivity contribution in [3.63, 3.8) is 0 Å². The van der Waals surface area contributed by atoms with Gasteiger partial charge >= 0.3 is 6.09 Å². The van der Waals surface area contributed by atoms with E-state index in [0.717, 1.165) is 11.1 Å². The van der Waals surface area contributed by atoms with Crippen LogP contribution in [-0.4, -0.2) is 46.5 Å². The smallest absolute Gasteiger partial charge is 0.410 e. The van der Waals surface area contributed by atoms with E-state index in [2.05, 4.69) is 0 Å². The van der Waals surface area contributed by atoms with Crippen LogP contribution in [0.4, 0.5) is 4.79 Å². The Bertz CT molecular complexity index is 646. The van der Waals surface area contributed by atoms with Crippen molar-refractivity contribution >= 4 is 12.0 Å². The van der Waals surface area contributed by atoms with Crippen LogP contribution in [0.2, 0.25) is 0 Å². The lowest BCUT2D eigenvalue weighted by Gasteiger charge is -2.46. The van der Waals surface area contributed by atoms with Crippen LogP contribution in [0, 0.1) is 12.8 Å². The molecule has 2 amide bonds. The van der Waals surface area contributed by atoms with E-state index < -0.39 is 5.60 Å². The van der Waals surface area contributed by atoms with Crippen molar-refractivity contribution in [2.24, 2.45) is 5.92 Å². The number of piperazine rings is 1. The van der Waals surface area contributed by atoms with E-state index in [1.807, 2.05) is 77.6 Å². The van der Waals surface area contributed by atoms with E-state index in [1.165, 1.54) is 0 Å². The number of rotatable bonds is 2. The quantitative estimate of drug-likeness (QED) is 0.796. The van der Waals surface area contributed by atoms with Crippen molar-refractivity contribution in [3.8, 4) is 0 Å². The van der Waals surface area contributed by atoms with Crippen molar-refractivity contribution in [1.82, 2.24) is 9.80 Å². The zero-order chi connectivity index (χ0) is 19.6. The van der Waals surface area contributed by atoms with E-state index in [-0.39, 0.29) is 30.0 Å². The van der Waals surface area contributed by atoms with Gasteiger partial charge in [0.2, 0.25) is 5.91 Å². The molecule has 144 valence electrons. The second-order valence-electron chi connectivity index (χ2n) is 8.55. The summed E-state index contributed by atoms with van der Waals surface area (Å²) in [6.07, 6.45) is -0.327. The first-order chi connectivity index (χ1) is 12.0. The van der Waals surface area contributed by atoms with E-state index in [1.54, 1.807) is 4.90 Å². The standard InChI is InChI=1S/C21H32N2O3/c1-14(2)19(24)22-13-18(17-10-8-15(3)9-11-17)23(12-16(22)4)20(25)26-21(5,6)7/h8-11,14,16,18H,12-13H2,1-7H3/t16-,18-/m1/s1. The molecule has 1 aliphatic heterocycles. The van der Waals surface area contributed by atoms with Crippen molar-refractivity contribution in [3.05, 3.63) is 35.4 Å². The molecule has 1 aliphatic rings. The Hall–Kier alpha value is -2.04. The Morgan fingerprint density at radius 3 is 2.15 bits per heavy atom. The Balaban J connectivity index is 2.34. The van der Waals surface area contributed by atoms with Gasteiger partial charge in [0.25, 0.3) is 0 Å². The third kappa shape index (κ3) is 4.77. The first kappa shape index (κ1) is 20.3.